The molecule has 18 heavy (non-hydrogen) atoms. The van der Waals surface area contributed by atoms with E-state index >= 15 is 0 Å². The maximum atomic E-state index is 5.74. The lowest BCUT2D eigenvalue weighted by Crippen LogP contribution is -2.12. The molecule has 0 spiro atoms. The number of hydrogen-bond acceptors (Lipinski definition) is 2. The van der Waals surface area contributed by atoms with Crippen molar-refractivity contribution in [2.24, 2.45) is 5.73 Å². The van der Waals surface area contributed by atoms with Gasteiger partial charge in [-0.25, -0.2) is 0 Å². The van der Waals surface area contributed by atoms with Crippen LogP contribution < -0.4 is 11.1 Å². The molecule has 0 saturated heterocycles. The highest BCUT2D eigenvalue weighted by molar-refractivity contribution is 7.80. The fraction of sp³-hybridized carbons (Fsp3) is 0.133. The van der Waals surface area contributed by atoms with E-state index in [4.69, 9.17) is 18.0 Å². The molecule has 2 nitrogen and oxygen atoms in total. The van der Waals surface area contributed by atoms with Crippen molar-refractivity contribution in [1.29, 1.82) is 0 Å². The van der Waals surface area contributed by atoms with Gasteiger partial charge < -0.3 is 11.1 Å². The summed E-state index contributed by atoms with van der Waals surface area (Å²) in [6, 6.07) is 14.0. The van der Waals surface area contributed by atoms with Crippen LogP contribution in [0.15, 0.2) is 42.5 Å². The Labute approximate surface area is 113 Å². The summed E-state index contributed by atoms with van der Waals surface area (Å²) >= 11 is 5.07. The molecule has 0 heterocycles. The number of aryl methyl sites for hydroxylation is 2. The number of nitrogens with one attached hydrogen (secondary N) is 1. The fourth-order valence-electron chi connectivity index (χ4n) is 1.95. The lowest BCUT2D eigenvalue weighted by atomic mass is 10.1. The highest BCUT2D eigenvalue weighted by atomic mass is 32.1. The van der Waals surface area contributed by atoms with Gasteiger partial charge in [-0.3, -0.25) is 0 Å². The van der Waals surface area contributed by atoms with Crippen molar-refractivity contribution in [3.63, 3.8) is 0 Å². The van der Waals surface area contributed by atoms with E-state index in [2.05, 4.69) is 37.4 Å². The maximum Gasteiger partial charge on any atom is 0.106 e. The van der Waals surface area contributed by atoms with Gasteiger partial charge in [0.1, 0.15) is 4.99 Å². The number of para-hydroxylation sites is 2. The van der Waals surface area contributed by atoms with Crippen LogP contribution >= 0.6 is 12.2 Å². The molecule has 2 aromatic rings. The van der Waals surface area contributed by atoms with Crippen molar-refractivity contribution in [3.8, 4) is 0 Å². The Balaban J connectivity index is 2.43. The Kier molecular flexibility index (Phi) is 3.63. The van der Waals surface area contributed by atoms with Gasteiger partial charge in [0.25, 0.3) is 0 Å². The summed E-state index contributed by atoms with van der Waals surface area (Å²) in [5.41, 5.74) is 11.1. The lowest BCUT2D eigenvalue weighted by Gasteiger charge is -2.15. The minimum absolute atomic E-state index is 0.407. The van der Waals surface area contributed by atoms with E-state index in [1.165, 1.54) is 11.1 Å². The van der Waals surface area contributed by atoms with E-state index in [-0.39, 0.29) is 0 Å². The van der Waals surface area contributed by atoms with Gasteiger partial charge in [0, 0.05) is 16.9 Å². The third kappa shape index (κ3) is 2.51. The fourth-order valence-corrected chi connectivity index (χ4v) is 2.13. The third-order valence-electron chi connectivity index (χ3n) is 2.93. The van der Waals surface area contributed by atoms with Crippen LogP contribution in [0.1, 0.15) is 16.7 Å². The molecule has 2 rings (SSSR count). The highest BCUT2D eigenvalue weighted by Gasteiger charge is 2.07. The Morgan fingerprint density at radius 1 is 1.00 bits per heavy atom. The van der Waals surface area contributed by atoms with E-state index in [0.29, 0.717) is 4.99 Å². The molecule has 0 fully saturated rings. The van der Waals surface area contributed by atoms with E-state index in [1.807, 2.05) is 24.3 Å². The first-order valence-corrected chi connectivity index (χ1v) is 6.22. The van der Waals surface area contributed by atoms with Crippen LogP contribution in [0.2, 0.25) is 0 Å². The summed E-state index contributed by atoms with van der Waals surface area (Å²) in [7, 11) is 0. The zero-order valence-corrected chi connectivity index (χ0v) is 11.3. The molecule has 0 radical (unpaired) electrons. The quantitative estimate of drug-likeness (QED) is 0.823. The first kappa shape index (κ1) is 12.6. The number of thiocarbonyl (C=S) groups is 1. The van der Waals surface area contributed by atoms with Gasteiger partial charge >= 0.3 is 0 Å². The van der Waals surface area contributed by atoms with Crippen LogP contribution in [-0.4, -0.2) is 4.99 Å². The predicted octanol–water partition coefficient (Wildman–Crippen LogP) is 3.68. The molecule has 0 unspecified atom stereocenters. The molecule has 3 N–H and O–H groups in total. The van der Waals surface area contributed by atoms with Crippen LogP contribution in [0.4, 0.5) is 11.4 Å². The Hall–Kier alpha value is -1.87. The maximum absolute atomic E-state index is 5.74. The summed E-state index contributed by atoms with van der Waals surface area (Å²) in [5, 5.41) is 3.42. The molecule has 2 aromatic carbocycles. The first-order chi connectivity index (χ1) is 8.59. The van der Waals surface area contributed by atoms with Crippen molar-refractivity contribution < 1.29 is 0 Å². The summed E-state index contributed by atoms with van der Waals surface area (Å²) in [4.78, 5) is 0.407. The molecule has 0 aromatic heterocycles. The van der Waals surface area contributed by atoms with Crippen LogP contribution in [-0.2, 0) is 0 Å². The Morgan fingerprint density at radius 3 is 2.22 bits per heavy atom. The summed E-state index contributed by atoms with van der Waals surface area (Å²) in [6.45, 7) is 4.16. The number of nitrogens with two attached hydrogens (primary N) is 1. The lowest BCUT2D eigenvalue weighted by molar-refractivity contribution is 1.36. The van der Waals surface area contributed by atoms with Gasteiger partial charge in [-0.05, 0) is 37.1 Å². The van der Waals surface area contributed by atoms with Crippen molar-refractivity contribution in [2.45, 2.75) is 13.8 Å². The zero-order valence-electron chi connectivity index (χ0n) is 10.5. The van der Waals surface area contributed by atoms with E-state index in [1.54, 1.807) is 0 Å². The average molecular weight is 256 g/mol. The molecule has 0 aliphatic heterocycles. The second-order valence-electron chi connectivity index (χ2n) is 4.30. The summed E-state index contributed by atoms with van der Waals surface area (Å²) < 4.78 is 0. The standard InChI is InChI=1S/C15H16N2S/c1-10-6-5-7-11(2)14(10)17-13-9-4-3-8-12(13)15(16)18/h3-9,17H,1-2H3,(H2,16,18). The van der Waals surface area contributed by atoms with Crippen molar-refractivity contribution >= 4 is 28.6 Å². The first-order valence-electron chi connectivity index (χ1n) is 5.81. The van der Waals surface area contributed by atoms with Crippen molar-refractivity contribution in [3.05, 3.63) is 59.2 Å². The third-order valence-corrected chi connectivity index (χ3v) is 3.15. The van der Waals surface area contributed by atoms with Gasteiger partial charge in [-0.2, -0.15) is 0 Å². The number of rotatable bonds is 3. The molecule has 3 heteroatoms. The average Bonchev–Trinajstić information content (AvgIpc) is 2.34. The molecule has 0 aliphatic rings. The smallest absolute Gasteiger partial charge is 0.106 e. The largest absolute Gasteiger partial charge is 0.389 e. The van der Waals surface area contributed by atoms with Crippen LogP contribution in [0, 0.1) is 13.8 Å². The van der Waals surface area contributed by atoms with Crippen LogP contribution in [0.5, 0.6) is 0 Å². The topological polar surface area (TPSA) is 38.0 Å². The van der Waals surface area contributed by atoms with E-state index in [9.17, 15) is 0 Å². The SMILES string of the molecule is Cc1cccc(C)c1Nc1ccccc1C(N)=S. The Bertz CT molecular complexity index is 571. The minimum atomic E-state index is 0.407. The number of hydrogen-bond donors (Lipinski definition) is 2. The summed E-state index contributed by atoms with van der Waals surface area (Å²) in [5.74, 6) is 0. The summed E-state index contributed by atoms with van der Waals surface area (Å²) in [6.07, 6.45) is 0. The molecule has 92 valence electrons. The molecule has 0 amide bonds. The van der Waals surface area contributed by atoms with E-state index < -0.39 is 0 Å². The Morgan fingerprint density at radius 2 is 1.61 bits per heavy atom. The van der Waals surface area contributed by atoms with Gasteiger partial charge in [0.2, 0.25) is 0 Å². The zero-order chi connectivity index (χ0) is 13.1. The predicted molar refractivity (Wildman–Crippen MR) is 81.5 cm³/mol. The molecular formula is C15H16N2S. The number of anilines is 2. The normalized spacial score (nSPS) is 10.1. The van der Waals surface area contributed by atoms with Crippen LogP contribution in [0.25, 0.3) is 0 Å². The highest BCUT2D eigenvalue weighted by Crippen LogP contribution is 2.26. The van der Waals surface area contributed by atoms with E-state index in [0.717, 1.165) is 16.9 Å². The van der Waals surface area contributed by atoms with Crippen molar-refractivity contribution in [1.82, 2.24) is 0 Å². The molecule has 0 bridgehead atoms. The van der Waals surface area contributed by atoms with Gasteiger partial charge in [0.05, 0.1) is 0 Å². The molecule has 0 atom stereocenters. The minimum Gasteiger partial charge on any atom is -0.389 e. The second-order valence-corrected chi connectivity index (χ2v) is 4.74. The molecule has 0 saturated carbocycles. The van der Waals surface area contributed by atoms with Gasteiger partial charge in [-0.1, -0.05) is 42.5 Å². The van der Waals surface area contributed by atoms with Gasteiger partial charge in [-0.15, -0.1) is 0 Å². The molecular weight excluding hydrogens is 240 g/mol. The monoisotopic (exact) mass is 256 g/mol. The van der Waals surface area contributed by atoms with Crippen LogP contribution in [0.3, 0.4) is 0 Å². The van der Waals surface area contributed by atoms with Gasteiger partial charge in [0.15, 0.2) is 0 Å². The van der Waals surface area contributed by atoms with Crippen molar-refractivity contribution in [2.75, 3.05) is 5.32 Å². The number of benzene rings is 2. The molecule has 0 aliphatic carbocycles. The second kappa shape index (κ2) is 5.19.